The van der Waals surface area contributed by atoms with E-state index in [2.05, 4.69) is 5.32 Å². The number of carboxylic acid groups (broad SMARTS) is 1. The van der Waals surface area contributed by atoms with Crippen molar-refractivity contribution in [3.05, 3.63) is 29.3 Å². The second-order valence-corrected chi connectivity index (χ2v) is 5.00. The van der Waals surface area contributed by atoms with E-state index in [4.69, 9.17) is 14.6 Å². The smallest absolute Gasteiger partial charge is 0.339 e. The number of aryl methyl sites for hydroxylation is 1. The number of ether oxygens (including phenoxy) is 2. The number of amides is 1. The number of rotatable bonds is 5. The van der Waals surface area contributed by atoms with Gasteiger partial charge in [-0.05, 0) is 31.4 Å². The number of nitrogens with one attached hydrogen (secondary N) is 1. The van der Waals surface area contributed by atoms with E-state index in [-0.39, 0.29) is 29.9 Å². The van der Waals surface area contributed by atoms with Crippen molar-refractivity contribution in [3.8, 4) is 5.75 Å². The SMILES string of the molecule is Cc1cccc(C(=O)O)c1OCC(=O)NC1CCOCC1. The van der Waals surface area contributed by atoms with Crippen LogP contribution in [0.2, 0.25) is 0 Å². The maximum atomic E-state index is 11.9. The van der Waals surface area contributed by atoms with Gasteiger partial charge in [-0.1, -0.05) is 12.1 Å². The largest absolute Gasteiger partial charge is 0.483 e. The Hall–Kier alpha value is -2.08. The molecule has 0 spiro atoms. The van der Waals surface area contributed by atoms with E-state index in [1.165, 1.54) is 6.07 Å². The van der Waals surface area contributed by atoms with Gasteiger partial charge in [0.15, 0.2) is 6.61 Å². The van der Waals surface area contributed by atoms with Crippen molar-refractivity contribution in [1.82, 2.24) is 5.32 Å². The Morgan fingerprint density at radius 1 is 1.38 bits per heavy atom. The van der Waals surface area contributed by atoms with Gasteiger partial charge in [0.2, 0.25) is 0 Å². The minimum atomic E-state index is -1.07. The van der Waals surface area contributed by atoms with Crippen LogP contribution in [0.4, 0.5) is 0 Å². The summed E-state index contributed by atoms with van der Waals surface area (Å²) in [6.07, 6.45) is 1.58. The van der Waals surface area contributed by atoms with Crippen molar-refractivity contribution >= 4 is 11.9 Å². The molecule has 0 unspecified atom stereocenters. The lowest BCUT2D eigenvalue weighted by Crippen LogP contribution is -2.41. The molecule has 0 saturated carbocycles. The molecule has 0 radical (unpaired) electrons. The van der Waals surface area contributed by atoms with E-state index >= 15 is 0 Å². The van der Waals surface area contributed by atoms with Gasteiger partial charge >= 0.3 is 5.97 Å². The molecule has 1 fully saturated rings. The molecule has 0 atom stereocenters. The summed E-state index contributed by atoms with van der Waals surface area (Å²) in [5.41, 5.74) is 0.752. The lowest BCUT2D eigenvalue weighted by atomic mass is 10.1. The summed E-state index contributed by atoms with van der Waals surface area (Å²) >= 11 is 0. The molecular weight excluding hydrogens is 274 g/mol. The van der Waals surface area contributed by atoms with Crippen molar-refractivity contribution in [1.29, 1.82) is 0 Å². The van der Waals surface area contributed by atoms with Gasteiger partial charge in [0.1, 0.15) is 11.3 Å². The zero-order chi connectivity index (χ0) is 15.2. The van der Waals surface area contributed by atoms with E-state index in [1.54, 1.807) is 19.1 Å². The number of carbonyl (C=O) groups is 2. The molecule has 1 saturated heterocycles. The van der Waals surface area contributed by atoms with Crippen LogP contribution < -0.4 is 10.1 Å². The highest BCUT2D eigenvalue weighted by atomic mass is 16.5. The minimum absolute atomic E-state index is 0.0638. The molecule has 0 bridgehead atoms. The second kappa shape index (κ2) is 7.08. The summed E-state index contributed by atoms with van der Waals surface area (Å²) in [5, 5.41) is 12.0. The molecule has 6 nitrogen and oxygen atoms in total. The molecule has 6 heteroatoms. The van der Waals surface area contributed by atoms with Gasteiger partial charge in [-0.15, -0.1) is 0 Å². The first-order valence-corrected chi connectivity index (χ1v) is 6.90. The lowest BCUT2D eigenvalue weighted by Gasteiger charge is -2.23. The van der Waals surface area contributed by atoms with Gasteiger partial charge in [-0.3, -0.25) is 4.79 Å². The molecule has 2 N–H and O–H groups in total. The summed E-state index contributed by atoms with van der Waals surface area (Å²) < 4.78 is 10.6. The fourth-order valence-corrected chi connectivity index (χ4v) is 2.26. The predicted octanol–water partition coefficient (Wildman–Crippen LogP) is 1.37. The highest BCUT2D eigenvalue weighted by Crippen LogP contribution is 2.23. The third kappa shape index (κ3) is 4.19. The van der Waals surface area contributed by atoms with Crippen LogP contribution in [0.15, 0.2) is 18.2 Å². The highest BCUT2D eigenvalue weighted by molar-refractivity contribution is 5.91. The van der Waals surface area contributed by atoms with Crippen LogP contribution in [0, 0.1) is 6.92 Å². The maximum absolute atomic E-state index is 11.9. The van der Waals surface area contributed by atoms with Gasteiger partial charge < -0.3 is 19.9 Å². The predicted molar refractivity (Wildman–Crippen MR) is 75.6 cm³/mol. The third-order valence-corrected chi connectivity index (χ3v) is 3.38. The molecule has 0 aliphatic carbocycles. The van der Waals surface area contributed by atoms with Gasteiger partial charge in [0.25, 0.3) is 5.91 Å². The standard InChI is InChI=1S/C15H19NO5/c1-10-3-2-4-12(15(18)19)14(10)21-9-13(17)16-11-5-7-20-8-6-11/h2-4,11H,5-9H2,1H3,(H,16,17)(H,18,19). The Kier molecular flexibility index (Phi) is 5.16. The van der Waals surface area contributed by atoms with E-state index in [1.807, 2.05) is 0 Å². The van der Waals surface area contributed by atoms with Crippen LogP contribution >= 0.6 is 0 Å². The normalized spacial score (nSPS) is 15.5. The lowest BCUT2D eigenvalue weighted by molar-refractivity contribution is -0.124. The van der Waals surface area contributed by atoms with Crippen molar-refractivity contribution in [2.24, 2.45) is 0 Å². The number of carbonyl (C=O) groups excluding carboxylic acids is 1. The summed E-state index contributed by atoms with van der Waals surface area (Å²) in [6.45, 7) is 2.85. The Morgan fingerprint density at radius 2 is 2.10 bits per heavy atom. The van der Waals surface area contributed by atoms with E-state index in [9.17, 15) is 9.59 Å². The first kappa shape index (κ1) is 15.3. The molecule has 1 aromatic rings. The quantitative estimate of drug-likeness (QED) is 0.856. The molecule has 2 rings (SSSR count). The second-order valence-electron chi connectivity index (χ2n) is 5.00. The molecule has 1 aliphatic heterocycles. The number of hydrogen-bond donors (Lipinski definition) is 2. The van der Waals surface area contributed by atoms with Crippen LogP contribution in [-0.4, -0.2) is 42.8 Å². The van der Waals surface area contributed by atoms with Crippen LogP contribution in [0.1, 0.15) is 28.8 Å². The number of carboxylic acids is 1. The molecule has 1 amide bonds. The number of hydrogen-bond acceptors (Lipinski definition) is 4. The monoisotopic (exact) mass is 293 g/mol. The fraction of sp³-hybridized carbons (Fsp3) is 0.467. The van der Waals surface area contributed by atoms with Crippen LogP contribution in [-0.2, 0) is 9.53 Å². The molecule has 114 valence electrons. The summed E-state index contributed by atoms with van der Waals surface area (Å²) in [7, 11) is 0. The zero-order valence-corrected chi connectivity index (χ0v) is 11.9. The molecule has 21 heavy (non-hydrogen) atoms. The van der Waals surface area contributed by atoms with E-state index in [0.29, 0.717) is 18.8 Å². The van der Waals surface area contributed by atoms with E-state index in [0.717, 1.165) is 12.8 Å². The zero-order valence-electron chi connectivity index (χ0n) is 11.9. The number of para-hydroxylation sites is 1. The van der Waals surface area contributed by atoms with Crippen molar-refractivity contribution in [2.45, 2.75) is 25.8 Å². The molecule has 1 aliphatic rings. The Balaban J connectivity index is 1.93. The third-order valence-electron chi connectivity index (χ3n) is 3.38. The maximum Gasteiger partial charge on any atom is 0.339 e. The average Bonchev–Trinajstić information content (AvgIpc) is 2.46. The molecule has 0 aromatic heterocycles. The van der Waals surface area contributed by atoms with E-state index < -0.39 is 5.97 Å². The van der Waals surface area contributed by atoms with Crippen molar-refractivity contribution < 1.29 is 24.2 Å². The topological polar surface area (TPSA) is 84.9 Å². The van der Waals surface area contributed by atoms with Gasteiger partial charge in [0.05, 0.1) is 0 Å². The van der Waals surface area contributed by atoms with Crippen LogP contribution in [0.3, 0.4) is 0 Å². The Morgan fingerprint density at radius 3 is 2.76 bits per heavy atom. The number of benzene rings is 1. The van der Waals surface area contributed by atoms with Crippen molar-refractivity contribution in [3.63, 3.8) is 0 Å². The minimum Gasteiger partial charge on any atom is -0.483 e. The first-order chi connectivity index (χ1) is 10.1. The van der Waals surface area contributed by atoms with Crippen LogP contribution in [0.5, 0.6) is 5.75 Å². The fourth-order valence-electron chi connectivity index (χ4n) is 2.26. The van der Waals surface area contributed by atoms with Gasteiger partial charge in [0, 0.05) is 19.3 Å². The molecular formula is C15H19NO5. The Bertz CT molecular complexity index is 523. The van der Waals surface area contributed by atoms with Crippen LogP contribution in [0.25, 0.3) is 0 Å². The summed E-state index contributed by atoms with van der Waals surface area (Å²) in [6, 6.07) is 4.96. The molecule has 1 heterocycles. The van der Waals surface area contributed by atoms with Gasteiger partial charge in [-0.2, -0.15) is 0 Å². The number of aromatic carboxylic acids is 1. The van der Waals surface area contributed by atoms with Crippen molar-refractivity contribution in [2.75, 3.05) is 19.8 Å². The Labute approximate surface area is 123 Å². The highest BCUT2D eigenvalue weighted by Gasteiger charge is 2.18. The first-order valence-electron chi connectivity index (χ1n) is 6.90. The summed E-state index contributed by atoms with van der Waals surface area (Å²) in [4.78, 5) is 23.0. The van der Waals surface area contributed by atoms with Gasteiger partial charge in [-0.25, -0.2) is 4.79 Å². The molecule has 1 aromatic carbocycles. The average molecular weight is 293 g/mol. The summed E-state index contributed by atoms with van der Waals surface area (Å²) in [5.74, 6) is -1.08.